The topological polar surface area (TPSA) is 408 Å². The summed E-state index contributed by atoms with van der Waals surface area (Å²) in [6, 6.07) is 0. The Morgan fingerprint density at radius 1 is 0.651 bits per heavy atom. The van der Waals surface area contributed by atoms with Crippen molar-refractivity contribution in [3.63, 3.8) is 0 Å². The molecule has 86 heavy (non-hydrogen) atoms. The number of hydrogen-bond acceptors (Lipinski definition) is 27. The van der Waals surface area contributed by atoms with E-state index in [-0.39, 0.29) is 78.3 Å². The summed E-state index contributed by atoms with van der Waals surface area (Å²) in [5.41, 5.74) is -1.65. The van der Waals surface area contributed by atoms with Crippen LogP contribution >= 0.6 is 0 Å². The van der Waals surface area contributed by atoms with Crippen LogP contribution < -0.4 is 29.6 Å². The molecule has 9 rings (SSSR count). The van der Waals surface area contributed by atoms with Gasteiger partial charge in [-0.2, -0.15) is 0 Å². The van der Waals surface area contributed by atoms with Crippen molar-refractivity contribution >= 4 is 16.2 Å². The molecule has 18 unspecified atom stereocenters. The number of ether oxygens (including phenoxy) is 11. The summed E-state index contributed by atoms with van der Waals surface area (Å²) in [4.78, 5) is 13.8. The number of Topliss-reactive ketones (excluding diaryl/α,β-unsaturated/α-hetero) is 1. The number of fused-ring (bicyclic) bond motifs is 5. The van der Waals surface area contributed by atoms with Gasteiger partial charge in [0.25, 0.3) is 0 Å². The summed E-state index contributed by atoms with van der Waals surface area (Å²) in [5.74, 6) is -1.04. The standard InChI is InChI=1S/C57H94O27S.Na/c1-22(2)11-14-35(58)57(9,69)34-13-12-29-28-20-32(31-19-27(84-85(70,71)72)15-17-55(31,7)30(28)16-18-56(29,34)8)79-51-45(68)47(39(62)26(6)76-51)81-53-48(82-52-44(67)46(73-10)38(61)25(5)77-52)40(63)33(21-74-53)80-54-49(42(65)37(60)24(4)78-54)83-50-43(66)41(64)36(59)23(3)75-50;/h16,22-29,31-34,36-54,59-69H,11-15,17-21H2,1-10H3,(H,70,71,72);/q;+1/p-1/t23?,24?,25?,26?,27?,28?,29?,31?,32?,33-,34+,36+,37-,38-,39-,40?,41?,42+,43+,44?,45?,46+,47?,48?,49?,50+,51?,52+,53?,54+,55-,56+,57-;/m1./s1. The van der Waals surface area contributed by atoms with Gasteiger partial charge in [0.1, 0.15) is 97.2 Å². The minimum Gasteiger partial charge on any atom is -0.726 e. The number of carbonyl (C=O) groups excluding carboxylic acids is 1. The monoisotopic (exact) mass is 1260 g/mol. The summed E-state index contributed by atoms with van der Waals surface area (Å²) in [6.45, 7) is 15.1. The Kier molecular flexibility index (Phi) is 23.0. The molecule has 5 saturated heterocycles. The Morgan fingerprint density at radius 3 is 1.78 bits per heavy atom. The van der Waals surface area contributed by atoms with Gasteiger partial charge in [-0.25, -0.2) is 8.42 Å². The minimum absolute atomic E-state index is 0. The van der Waals surface area contributed by atoms with Crippen molar-refractivity contribution in [1.29, 1.82) is 0 Å². The third-order valence-electron chi connectivity index (χ3n) is 20.7. The van der Waals surface area contributed by atoms with Gasteiger partial charge in [0.2, 0.25) is 10.4 Å². The molecule has 0 aromatic heterocycles. The van der Waals surface area contributed by atoms with Gasteiger partial charge in [-0.15, -0.1) is 0 Å². The maximum Gasteiger partial charge on any atom is 1.00 e. The molecule has 0 radical (unpaired) electrons. The zero-order chi connectivity index (χ0) is 62.3. The van der Waals surface area contributed by atoms with E-state index in [1.807, 2.05) is 13.8 Å². The first-order valence-electron chi connectivity index (χ1n) is 30.2. The first kappa shape index (κ1) is 71.3. The Bertz CT molecular complexity index is 2430. The van der Waals surface area contributed by atoms with E-state index in [0.29, 0.717) is 38.5 Å². The molecule has 0 spiro atoms. The molecule has 0 aromatic rings. The van der Waals surface area contributed by atoms with Gasteiger partial charge in [0.15, 0.2) is 37.2 Å². The number of allylic oxidation sites excluding steroid dienone is 2. The van der Waals surface area contributed by atoms with E-state index in [2.05, 4.69) is 19.9 Å². The van der Waals surface area contributed by atoms with Gasteiger partial charge in [-0.1, -0.05) is 39.3 Å². The van der Waals surface area contributed by atoms with Crippen LogP contribution in [0.15, 0.2) is 11.6 Å². The number of methoxy groups -OCH3 is 1. The summed E-state index contributed by atoms with van der Waals surface area (Å²) < 4.78 is 108. The molecule has 5 heterocycles. The molecule has 29 heteroatoms. The van der Waals surface area contributed by atoms with Gasteiger partial charge in [0.05, 0.1) is 43.2 Å². The zero-order valence-electron chi connectivity index (χ0n) is 50.9. The van der Waals surface area contributed by atoms with E-state index in [1.165, 1.54) is 34.8 Å². The third-order valence-corrected chi connectivity index (χ3v) is 21.3. The fourth-order valence-electron chi connectivity index (χ4n) is 15.7. The number of ketones is 1. The quantitative estimate of drug-likeness (QED) is 0.0267. The van der Waals surface area contributed by atoms with E-state index < -0.39 is 199 Å². The van der Waals surface area contributed by atoms with Gasteiger partial charge < -0.3 is 113 Å². The van der Waals surface area contributed by atoms with Crippen LogP contribution in [0.1, 0.15) is 120 Å². The molecule has 3 saturated carbocycles. The first-order chi connectivity index (χ1) is 39.7. The predicted octanol–water partition coefficient (Wildman–Crippen LogP) is -4.33. The zero-order valence-corrected chi connectivity index (χ0v) is 53.7. The number of aliphatic hydroxyl groups is 11. The largest absolute Gasteiger partial charge is 1.00 e. The van der Waals surface area contributed by atoms with E-state index in [1.54, 1.807) is 6.92 Å². The fraction of sp³-hybridized carbons (Fsp3) is 0.947. The second kappa shape index (κ2) is 27.8. The molecular weight excluding hydrogens is 1170 g/mol. The van der Waals surface area contributed by atoms with Crippen LogP contribution in [-0.2, 0) is 71.5 Å². The summed E-state index contributed by atoms with van der Waals surface area (Å²) in [5, 5.41) is 125. The molecule has 9 aliphatic rings. The molecule has 33 atom stereocenters. The van der Waals surface area contributed by atoms with Gasteiger partial charge in [-0.3, -0.25) is 8.98 Å². The number of hydrogen-bond donors (Lipinski definition) is 11. The Balaban J connectivity index is 0.00000961. The Labute approximate surface area is 524 Å². The van der Waals surface area contributed by atoms with Crippen molar-refractivity contribution in [2.45, 2.75) is 285 Å². The van der Waals surface area contributed by atoms with Crippen LogP contribution in [0.2, 0.25) is 0 Å². The second-order valence-electron chi connectivity index (χ2n) is 26.7. The van der Waals surface area contributed by atoms with Crippen LogP contribution in [0.25, 0.3) is 0 Å². The maximum absolute atomic E-state index is 13.8. The first-order valence-corrected chi connectivity index (χ1v) is 31.5. The molecule has 11 N–H and O–H groups in total. The van der Waals surface area contributed by atoms with Gasteiger partial charge >= 0.3 is 29.6 Å². The van der Waals surface area contributed by atoms with Crippen LogP contribution in [0, 0.1) is 40.4 Å². The predicted molar refractivity (Wildman–Crippen MR) is 287 cm³/mol. The number of carbonyl (C=O) groups is 1. The van der Waals surface area contributed by atoms with Crippen molar-refractivity contribution in [1.82, 2.24) is 0 Å². The SMILES string of the molecule is CO[C@@H]1C(O)[C@H](OC2C(OC3C(O)C(OC4CC5C(=CC[C@@]6(C)C5CC[C@@H]6[C@@](C)(O)C(=O)CCC(C)C)[C@@]5(C)CCC(OS(=O)(=O)[O-])CC45)OC(C)[C@H]3O)OC[C@@H](O[C@@H]3OC(C)[C@@H](O)[C@H](O)C3O[C@@H]3OC(C)[C@H](O)C(O)[C@@H]3O)C2O)OC(C)[C@H]1O.[Na+]. The Morgan fingerprint density at radius 2 is 1.17 bits per heavy atom. The average Bonchev–Trinajstić information content (AvgIpc) is 1.32. The molecule has 5 aliphatic heterocycles. The Hall–Kier alpha value is -0.600. The van der Waals surface area contributed by atoms with E-state index >= 15 is 0 Å². The maximum atomic E-state index is 13.8. The average molecular weight is 1270 g/mol. The number of rotatable bonds is 18. The summed E-state index contributed by atoms with van der Waals surface area (Å²) in [6.07, 6.45) is -33.6. The van der Waals surface area contributed by atoms with Gasteiger partial charge in [-0.05, 0) is 120 Å². The van der Waals surface area contributed by atoms with Crippen molar-refractivity contribution in [3.05, 3.63) is 11.6 Å². The molecule has 0 amide bonds. The third kappa shape index (κ3) is 14.0. The van der Waals surface area contributed by atoms with Crippen LogP contribution in [-0.4, -0.2) is 254 Å². The molecule has 0 aromatic carbocycles. The molecule has 490 valence electrons. The van der Waals surface area contributed by atoms with Crippen LogP contribution in [0.5, 0.6) is 0 Å². The van der Waals surface area contributed by atoms with Crippen molar-refractivity contribution in [2.75, 3.05) is 13.7 Å². The normalized spacial score (nSPS) is 50.7. The van der Waals surface area contributed by atoms with E-state index in [0.717, 1.165) is 5.57 Å². The fourth-order valence-corrected chi connectivity index (χ4v) is 16.2. The van der Waals surface area contributed by atoms with Crippen molar-refractivity contribution in [2.24, 2.45) is 40.4 Å². The second-order valence-corrected chi connectivity index (χ2v) is 27.7. The summed E-state index contributed by atoms with van der Waals surface area (Å²) >= 11 is 0. The van der Waals surface area contributed by atoms with E-state index in [4.69, 9.17) is 56.3 Å². The number of aliphatic hydroxyl groups excluding tert-OH is 10. The summed E-state index contributed by atoms with van der Waals surface area (Å²) in [7, 11) is -3.88. The molecular formula is C57H93NaO27S. The van der Waals surface area contributed by atoms with Gasteiger partial charge in [0, 0.05) is 19.4 Å². The van der Waals surface area contributed by atoms with E-state index in [9.17, 15) is 73.9 Å². The molecule has 27 nitrogen and oxygen atoms in total. The van der Waals surface area contributed by atoms with Crippen molar-refractivity contribution < 1.29 is 160 Å². The smallest absolute Gasteiger partial charge is 0.726 e. The molecule has 8 fully saturated rings. The molecule has 0 bridgehead atoms. The molecule has 4 aliphatic carbocycles. The van der Waals surface area contributed by atoms with Crippen LogP contribution in [0.3, 0.4) is 0 Å². The van der Waals surface area contributed by atoms with Crippen LogP contribution in [0.4, 0.5) is 0 Å². The minimum atomic E-state index is -5.12. The van der Waals surface area contributed by atoms with Crippen molar-refractivity contribution in [3.8, 4) is 0 Å².